The minimum atomic E-state index is -0.586. The second-order valence-electron chi connectivity index (χ2n) is 9.05. The fraction of sp³-hybridized carbons (Fsp3) is 0.357. The number of imidazole rings is 1. The Labute approximate surface area is 232 Å². The number of carbonyl (C=O) groups is 2. The molecule has 40 heavy (non-hydrogen) atoms. The van der Waals surface area contributed by atoms with E-state index in [-0.39, 0.29) is 32.5 Å². The lowest BCUT2D eigenvalue weighted by molar-refractivity contribution is -0.136. The summed E-state index contributed by atoms with van der Waals surface area (Å²) in [5, 5.41) is 2.62. The summed E-state index contributed by atoms with van der Waals surface area (Å²) in [5.41, 5.74) is 4.84. The smallest absolute Gasteiger partial charge is 0.413 e. The Morgan fingerprint density at radius 2 is 1.82 bits per heavy atom. The first-order valence-electron chi connectivity index (χ1n) is 12.7. The monoisotopic (exact) mass is 546 g/mol. The molecule has 1 fully saturated rings. The molecule has 1 saturated heterocycles. The van der Waals surface area contributed by atoms with Gasteiger partial charge >= 0.3 is 6.09 Å². The van der Waals surface area contributed by atoms with Crippen LogP contribution in [0.1, 0.15) is 20.0 Å². The molecule has 0 spiro atoms. The average molecular weight is 547 g/mol. The van der Waals surface area contributed by atoms with E-state index in [1.165, 1.54) is 7.11 Å². The lowest BCUT2D eigenvalue weighted by Crippen LogP contribution is -2.49. The molecule has 1 aliphatic rings. The Morgan fingerprint density at radius 3 is 2.50 bits per heavy atom. The van der Waals surface area contributed by atoms with Crippen LogP contribution in [0.25, 0.3) is 33.5 Å². The molecule has 5 rings (SSSR count). The molecule has 0 unspecified atom stereocenters. The predicted molar refractivity (Wildman–Crippen MR) is 151 cm³/mol. The summed E-state index contributed by atoms with van der Waals surface area (Å²) in [6, 6.07) is 9.73. The highest BCUT2D eigenvalue weighted by atomic mass is 16.5. The first-order chi connectivity index (χ1) is 19.0. The van der Waals surface area contributed by atoms with Crippen molar-refractivity contribution in [2.24, 2.45) is 0 Å². The van der Waals surface area contributed by atoms with Gasteiger partial charge in [-0.3, -0.25) is 20.0 Å². The van der Waals surface area contributed by atoms with Crippen LogP contribution in [0.4, 0.5) is 10.7 Å². The molecular formula is C28H34N8O4. The summed E-state index contributed by atoms with van der Waals surface area (Å²) in [6.45, 7) is 5.76. The fourth-order valence-corrected chi connectivity index (χ4v) is 4.50. The number of hydrogen-bond acceptors (Lipinski definition) is 9. The second-order valence-corrected chi connectivity index (χ2v) is 9.05. The van der Waals surface area contributed by atoms with Crippen LogP contribution < -0.4 is 5.32 Å². The Morgan fingerprint density at radius 1 is 1.05 bits per heavy atom. The number of carbonyl (C=O) groups excluding carboxylic acids is 2. The zero-order chi connectivity index (χ0) is 27.2. The van der Waals surface area contributed by atoms with Crippen molar-refractivity contribution in [3.63, 3.8) is 0 Å². The number of nitrogens with zero attached hydrogens (tertiary/aromatic N) is 6. The van der Waals surface area contributed by atoms with Gasteiger partial charge in [0, 0.05) is 69.6 Å². The fourth-order valence-electron chi connectivity index (χ4n) is 4.50. The standard InChI is InChI=1S/C27H30N8O4.CH4/c1-3-39-27(37)33-26-31-22-14-19(13-21(24(22)32-26)25-28-7-4-8-29-25)18-5-6-20(30-15-18)16-34-9-11-35(12-10-34)23(36)17-38-2;/h4-8,13-15H,3,9-12,16-17H2,1-2H3,(H2,31,32,33,37);1H4. The number of hydrogen-bond donors (Lipinski definition) is 2. The van der Waals surface area contributed by atoms with Crippen molar-refractivity contribution >= 4 is 29.0 Å². The maximum Gasteiger partial charge on any atom is 0.413 e. The number of H-pyrrole nitrogens is 1. The highest BCUT2D eigenvalue weighted by Gasteiger charge is 2.21. The predicted octanol–water partition coefficient (Wildman–Crippen LogP) is 3.58. The van der Waals surface area contributed by atoms with Crippen LogP contribution in [0, 0.1) is 0 Å². The highest BCUT2D eigenvalue weighted by molar-refractivity contribution is 5.96. The van der Waals surface area contributed by atoms with E-state index >= 15 is 0 Å². The van der Waals surface area contributed by atoms with Gasteiger partial charge in [0.1, 0.15) is 12.1 Å². The molecule has 2 amide bonds. The molecule has 0 aliphatic carbocycles. The zero-order valence-corrected chi connectivity index (χ0v) is 21.9. The number of ether oxygens (including phenoxy) is 2. The van der Waals surface area contributed by atoms with Gasteiger partial charge in [0.2, 0.25) is 11.9 Å². The van der Waals surface area contributed by atoms with Gasteiger partial charge in [-0.25, -0.2) is 19.7 Å². The maximum absolute atomic E-state index is 12.0. The Balaban J connectivity index is 0.00000370. The number of aromatic amines is 1. The van der Waals surface area contributed by atoms with Gasteiger partial charge in [0.05, 0.1) is 17.8 Å². The minimum absolute atomic E-state index is 0. The molecule has 4 heterocycles. The van der Waals surface area contributed by atoms with E-state index in [1.807, 2.05) is 35.4 Å². The normalized spacial score (nSPS) is 13.6. The van der Waals surface area contributed by atoms with Crippen LogP contribution in [-0.2, 0) is 20.8 Å². The Hall–Kier alpha value is -4.42. The van der Waals surface area contributed by atoms with E-state index < -0.39 is 6.09 Å². The number of methoxy groups -OCH3 is 1. The number of anilines is 1. The van der Waals surface area contributed by atoms with Crippen molar-refractivity contribution in [2.45, 2.75) is 20.9 Å². The van der Waals surface area contributed by atoms with Crippen LogP contribution in [0.15, 0.2) is 48.9 Å². The van der Waals surface area contributed by atoms with Gasteiger partial charge in [-0.05, 0) is 36.8 Å². The van der Waals surface area contributed by atoms with Gasteiger partial charge < -0.3 is 19.4 Å². The lowest BCUT2D eigenvalue weighted by Gasteiger charge is -2.34. The largest absolute Gasteiger partial charge is 0.450 e. The average Bonchev–Trinajstić information content (AvgIpc) is 3.36. The molecular weight excluding hydrogens is 512 g/mol. The van der Waals surface area contributed by atoms with E-state index in [1.54, 1.807) is 25.4 Å². The Bertz CT molecular complexity index is 1430. The van der Waals surface area contributed by atoms with Crippen molar-refractivity contribution in [1.29, 1.82) is 0 Å². The van der Waals surface area contributed by atoms with Crippen molar-refractivity contribution in [1.82, 2.24) is 34.7 Å². The SMILES string of the molecule is C.CCOC(=O)Nc1nc2c(-c3ncccn3)cc(-c3ccc(CN4CCN(C(=O)COC)CC4)nc3)cc2[nH]1. The quantitative estimate of drug-likeness (QED) is 0.339. The summed E-state index contributed by atoms with van der Waals surface area (Å²) in [5.74, 6) is 0.819. The van der Waals surface area contributed by atoms with E-state index in [0.29, 0.717) is 36.5 Å². The maximum atomic E-state index is 12.0. The van der Waals surface area contributed by atoms with E-state index in [4.69, 9.17) is 14.5 Å². The van der Waals surface area contributed by atoms with Gasteiger partial charge in [-0.1, -0.05) is 13.5 Å². The Kier molecular flexibility index (Phi) is 9.35. The third-order valence-corrected chi connectivity index (χ3v) is 6.43. The number of nitrogens with one attached hydrogen (secondary N) is 2. The summed E-state index contributed by atoms with van der Waals surface area (Å²) in [4.78, 5) is 49.3. The molecule has 12 heteroatoms. The first-order valence-corrected chi connectivity index (χ1v) is 12.7. The second kappa shape index (κ2) is 13.1. The molecule has 4 aromatic rings. The number of rotatable bonds is 8. The summed E-state index contributed by atoms with van der Waals surface area (Å²) in [7, 11) is 1.54. The molecule has 1 aromatic carbocycles. The molecule has 0 bridgehead atoms. The number of benzene rings is 1. The van der Waals surface area contributed by atoms with E-state index in [0.717, 1.165) is 35.5 Å². The number of fused-ring (bicyclic) bond motifs is 1. The highest BCUT2D eigenvalue weighted by Crippen LogP contribution is 2.32. The molecule has 0 atom stereocenters. The van der Waals surface area contributed by atoms with Gasteiger partial charge in [-0.15, -0.1) is 0 Å². The van der Waals surface area contributed by atoms with Crippen molar-refractivity contribution < 1.29 is 19.1 Å². The van der Waals surface area contributed by atoms with Crippen LogP contribution >= 0.6 is 0 Å². The lowest BCUT2D eigenvalue weighted by atomic mass is 10.0. The number of piperazine rings is 1. The van der Waals surface area contributed by atoms with Crippen LogP contribution in [0.5, 0.6) is 0 Å². The van der Waals surface area contributed by atoms with E-state index in [9.17, 15) is 9.59 Å². The van der Waals surface area contributed by atoms with E-state index in [2.05, 4.69) is 30.2 Å². The third-order valence-electron chi connectivity index (χ3n) is 6.43. The number of aromatic nitrogens is 5. The number of pyridine rings is 1. The molecule has 3 aromatic heterocycles. The van der Waals surface area contributed by atoms with Crippen LogP contribution in [0.2, 0.25) is 0 Å². The molecule has 0 radical (unpaired) electrons. The van der Waals surface area contributed by atoms with Gasteiger partial charge in [0.15, 0.2) is 5.82 Å². The summed E-state index contributed by atoms with van der Waals surface area (Å²) < 4.78 is 9.93. The zero-order valence-electron chi connectivity index (χ0n) is 21.9. The first kappa shape index (κ1) is 28.6. The molecule has 2 N–H and O–H groups in total. The topological polar surface area (TPSA) is 138 Å². The summed E-state index contributed by atoms with van der Waals surface area (Å²) >= 11 is 0. The van der Waals surface area contributed by atoms with Crippen molar-refractivity contribution in [2.75, 3.05) is 51.8 Å². The van der Waals surface area contributed by atoms with Crippen molar-refractivity contribution in [3.8, 4) is 22.5 Å². The van der Waals surface area contributed by atoms with Crippen molar-refractivity contribution in [3.05, 3.63) is 54.6 Å². The minimum Gasteiger partial charge on any atom is -0.450 e. The van der Waals surface area contributed by atoms with Crippen LogP contribution in [0.3, 0.4) is 0 Å². The molecule has 1 aliphatic heterocycles. The molecule has 210 valence electrons. The molecule has 12 nitrogen and oxygen atoms in total. The molecule has 0 saturated carbocycles. The van der Waals surface area contributed by atoms with Gasteiger partial charge in [-0.2, -0.15) is 0 Å². The number of amides is 2. The van der Waals surface area contributed by atoms with Crippen LogP contribution in [-0.4, -0.2) is 93.2 Å². The summed E-state index contributed by atoms with van der Waals surface area (Å²) in [6.07, 6.45) is 4.61. The third kappa shape index (κ3) is 6.58. The van der Waals surface area contributed by atoms with Gasteiger partial charge in [0.25, 0.3) is 0 Å².